The highest BCUT2D eigenvalue weighted by Crippen LogP contribution is 2.21. The second-order valence-electron chi connectivity index (χ2n) is 4.71. The quantitative estimate of drug-likeness (QED) is 0.833. The van der Waals surface area contributed by atoms with Gasteiger partial charge in [-0.1, -0.05) is 30.3 Å². The summed E-state index contributed by atoms with van der Waals surface area (Å²) in [4.78, 5) is 0. The summed E-state index contributed by atoms with van der Waals surface area (Å²) in [6.45, 7) is 1.99. The molecular weight excluding hydrogens is 222 g/mol. The van der Waals surface area contributed by atoms with Crippen LogP contribution in [-0.2, 0) is 6.42 Å². The van der Waals surface area contributed by atoms with Gasteiger partial charge in [-0.3, -0.25) is 0 Å². The predicted molar refractivity (Wildman–Crippen MR) is 74.6 cm³/mol. The lowest BCUT2D eigenvalue weighted by Gasteiger charge is -2.14. The second-order valence-corrected chi connectivity index (χ2v) is 4.71. The SMILES string of the molecule is CNC(CCCc1ccccc1)c1coc(C)c1. The predicted octanol–water partition coefficient (Wildman–Crippen LogP) is 3.87. The van der Waals surface area contributed by atoms with Crippen molar-refractivity contribution in [1.29, 1.82) is 0 Å². The lowest BCUT2D eigenvalue weighted by molar-refractivity contribution is 0.502. The molecule has 0 radical (unpaired) electrons. The molecular formula is C16H21NO. The minimum atomic E-state index is 0.395. The molecule has 1 heterocycles. The van der Waals surface area contributed by atoms with Gasteiger partial charge in [-0.15, -0.1) is 0 Å². The van der Waals surface area contributed by atoms with Gasteiger partial charge >= 0.3 is 0 Å². The molecule has 18 heavy (non-hydrogen) atoms. The van der Waals surface area contributed by atoms with Crippen molar-refractivity contribution in [3.8, 4) is 0 Å². The zero-order chi connectivity index (χ0) is 12.8. The molecule has 2 aromatic rings. The van der Waals surface area contributed by atoms with Gasteiger partial charge in [-0.2, -0.15) is 0 Å². The highest BCUT2D eigenvalue weighted by Gasteiger charge is 2.11. The van der Waals surface area contributed by atoms with Crippen LogP contribution in [0, 0.1) is 6.92 Å². The van der Waals surface area contributed by atoms with E-state index in [9.17, 15) is 0 Å². The zero-order valence-corrected chi connectivity index (χ0v) is 11.1. The van der Waals surface area contributed by atoms with E-state index in [1.165, 1.54) is 17.5 Å². The van der Waals surface area contributed by atoms with E-state index in [2.05, 4.69) is 41.7 Å². The highest BCUT2D eigenvalue weighted by molar-refractivity contribution is 5.17. The van der Waals surface area contributed by atoms with E-state index < -0.39 is 0 Å². The maximum Gasteiger partial charge on any atom is 0.101 e. The molecule has 2 heteroatoms. The lowest BCUT2D eigenvalue weighted by Crippen LogP contribution is -2.15. The third-order valence-electron chi connectivity index (χ3n) is 3.30. The fourth-order valence-corrected chi connectivity index (χ4v) is 2.28. The van der Waals surface area contributed by atoms with Crippen LogP contribution in [0.4, 0.5) is 0 Å². The fraction of sp³-hybridized carbons (Fsp3) is 0.375. The molecule has 1 N–H and O–H groups in total. The van der Waals surface area contributed by atoms with Crippen LogP contribution < -0.4 is 5.32 Å². The van der Waals surface area contributed by atoms with Crippen molar-refractivity contribution in [3.05, 3.63) is 59.5 Å². The van der Waals surface area contributed by atoms with Crippen molar-refractivity contribution in [2.75, 3.05) is 7.05 Å². The Morgan fingerprint density at radius 1 is 1.22 bits per heavy atom. The normalized spacial score (nSPS) is 12.6. The monoisotopic (exact) mass is 243 g/mol. The average Bonchev–Trinajstić information content (AvgIpc) is 2.82. The average molecular weight is 243 g/mol. The number of hydrogen-bond donors (Lipinski definition) is 1. The third kappa shape index (κ3) is 3.47. The van der Waals surface area contributed by atoms with Crippen LogP contribution in [0.2, 0.25) is 0 Å². The largest absolute Gasteiger partial charge is 0.469 e. The smallest absolute Gasteiger partial charge is 0.101 e. The summed E-state index contributed by atoms with van der Waals surface area (Å²) in [5.41, 5.74) is 2.67. The van der Waals surface area contributed by atoms with Crippen molar-refractivity contribution in [3.63, 3.8) is 0 Å². The molecule has 96 valence electrons. The first-order valence-electron chi connectivity index (χ1n) is 6.56. The van der Waals surface area contributed by atoms with Gasteiger partial charge in [0.2, 0.25) is 0 Å². The molecule has 2 rings (SSSR count). The van der Waals surface area contributed by atoms with Crippen LogP contribution in [0.5, 0.6) is 0 Å². The molecule has 0 spiro atoms. The van der Waals surface area contributed by atoms with Crippen molar-refractivity contribution >= 4 is 0 Å². The number of aryl methyl sites for hydroxylation is 2. The van der Waals surface area contributed by atoms with Crippen LogP contribution in [0.25, 0.3) is 0 Å². The van der Waals surface area contributed by atoms with E-state index in [1.54, 1.807) is 0 Å². The molecule has 1 aromatic heterocycles. The molecule has 0 aliphatic rings. The number of benzene rings is 1. The van der Waals surface area contributed by atoms with Crippen LogP contribution in [0.1, 0.15) is 35.8 Å². The van der Waals surface area contributed by atoms with Crippen LogP contribution in [-0.4, -0.2) is 7.05 Å². The van der Waals surface area contributed by atoms with E-state index >= 15 is 0 Å². The Morgan fingerprint density at radius 3 is 2.61 bits per heavy atom. The highest BCUT2D eigenvalue weighted by atomic mass is 16.3. The van der Waals surface area contributed by atoms with Crippen LogP contribution in [0.15, 0.2) is 47.1 Å². The first kappa shape index (κ1) is 12.9. The molecule has 0 amide bonds. The third-order valence-corrected chi connectivity index (χ3v) is 3.30. The summed E-state index contributed by atoms with van der Waals surface area (Å²) < 4.78 is 5.37. The van der Waals surface area contributed by atoms with Gasteiger partial charge in [0.1, 0.15) is 5.76 Å². The molecule has 0 saturated carbocycles. The van der Waals surface area contributed by atoms with Crippen molar-refractivity contribution in [1.82, 2.24) is 5.32 Å². The van der Waals surface area contributed by atoms with Crippen molar-refractivity contribution < 1.29 is 4.42 Å². The molecule has 2 nitrogen and oxygen atoms in total. The van der Waals surface area contributed by atoms with Gasteiger partial charge in [0.25, 0.3) is 0 Å². The fourth-order valence-electron chi connectivity index (χ4n) is 2.28. The van der Waals surface area contributed by atoms with Crippen LogP contribution >= 0.6 is 0 Å². The molecule has 1 atom stereocenters. The molecule has 0 fully saturated rings. The van der Waals surface area contributed by atoms with E-state index in [4.69, 9.17) is 4.42 Å². The van der Waals surface area contributed by atoms with E-state index in [0.29, 0.717) is 6.04 Å². The minimum Gasteiger partial charge on any atom is -0.469 e. The molecule has 0 aliphatic carbocycles. The van der Waals surface area contributed by atoms with E-state index in [-0.39, 0.29) is 0 Å². The molecule has 0 saturated heterocycles. The maximum atomic E-state index is 5.37. The second kappa shape index (κ2) is 6.41. The summed E-state index contributed by atoms with van der Waals surface area (Å²) >= 11 is 0. The van der Waals surface area contributed by atoms with E-state index in [0.717, 1.165) is 18.6 Å². The summed E-state index contributed by atoms with van der Waals surface area (Å²) in [5, 5.41) is 3.36. The standard InChI is InChI=1S/C16H21NO/c1-13-11-15(12-18-13)16(17-2)10-6-9-14-7-4-3-5-8-14/h3-5,7-8,11-12,16-17H,6,9-10H2,1-2H3. The number of rotatable bonds is 6. The lowest BCUT2D eigenvalue weighted by atomic mass is 10.0. The zero-order valence-electron chi connectivity index (χ0n) is 11.1. The minimum absolute atomic E-state index is 0.395. The Kier molecular flexibility index (Phi) is 4.59. The topological polar surface area (TPSA) is 25.2 Å². The Bertz CT molecular complexity index is 461. The Balaban J connectivity index is 1.85. The summed E-state index contributed by atoms with van der Waals surface area (Å²) in [5.74, 6) is 0.980. The van der Waals surface area contributed by atoms with Crippen molar-refractivity contribution in [2.45, 2.75) is 32.2 Å². The van der Waals surface area contributed by atoms with Gasteiger partial charge in [-0.05, 0) is 44.9 Å². The number of hydrogen-bond acceptors (Lipinski definition) is 2. The Hall–Kier alpha value is -1.54. The first-order chi connectivity index (χ1) is 8.79. The Morgan fingerprint density at radius 2 is 2.00 bits per heavy atom. The summed E-state index contributed by atoms with van der Waals surface area (Å²) in [6, 6.07) is 13.2. The maximum absolute atomic E-state index is 5.37. The van der Waals surface area contributed by atoms with Gasteiger partial charge in [0.05, 0.1) is 6.26 Å². The molecule has 0 bridgehead atoms. The van der Waals surface area contributed by atoms with E-state index in [1.807, 2.05) is 20.2 Å². The van der Waals surface area contributed by atoms with Crippen LogP contribution in [0.3, 0.4) is 0 Å². The van der Waals surface area contributed by atoms with Gasteiger partial charge in [-0.25, -0.2) is 0 Å². The Labute approximate surface area is 109 Å². The number of nitrogens with one attached hydrogen (secondary N) is 1. The van der Waals surface area contributed by atoms with Gasteiger partial charge in [0, 0.05) is 11.6 Å². The molecule has 1 aromatic carbocycles. The summed E-state index contributed by atoms with van der Waals surface area (Å²) in [7, 11) is 2.01. The van der Waals surface area contributed by atoms with Crippen molar-refractivity contribution in [2.24, 2.45) is 0 Å². The molecule has 0 aliphatic heterocycles. The number of furan rings is 1. The summed E-state index contributed by atoms with van der Waals surface area (Å²) in [6.07, 6.45) is 5.30. The molecule has 1 unspecified atom stereocenters. The van der Waals surface area contributed by atoms with Gasteiger partial charge < -0.3 is 9.73 Å². The first-order valence-corrected chi connectivity index (χ1v) is 6.56. The van der Waals surface area contributed by atoms with Gasteiger partial charge in [0.15, 0.2) is 0 Å².